The van der Waals surface area contributed by atoms with Crippen LogP contribution in [0.2, 0.25) is 0 Å². The van der Waals surface area contributed by atoms with Gasteiger partial charge in [-0.2, -0.15) is 0 Å². The Morgan fingerprint density at radius 3 is 2.38 bits per heavy atom. The normalized spacial score (nSPS) is 16.0. The lowest BCUT2D eigenvalue weighted by atomic mass is 10.1. The molecule has 1 aliphatic heterocycles. The highest BCUT2D eigenvalue weighted by Crippen LogP contribution is 2.43. The van der Waals surface area contributed by atoms with E-state index in [1.165, 1.54) is 0 Å². The van der Waals surface area contributed by atoms with E-state index in [4.69, 9.17) is 23.7 Å². The zero-order valence-electron chi connectivity index (χ0n) is 14.8. The third kappa shape index (κ3) is 2.54. The van der Waals surface area contributed by atoms with Gasteiger partial charge in [0.15, 0.2) is 28.8 Å². The van der Waals surface area contributed by atoms with Gasteiger partial charge in [0.25, 0.3) is 0 Å². The van der Waals surface area contributed by atoms with Gasteiger partial charge >= 0.3 is 0 Å². The third-order valence-corrected chi connectivity index (χ3v) is 4.55. The van der Waals surface area contributed by atoms with E-state index in [0.29, 0.717) is 46.3 Å². The fraction of sp³-hybridized carbons (Fsp3) is 0.250. The number of ether oxygens (including phenoxy) is 5. The van der Waals surface area contributed by atoms with Gasteiger partial charge in [-0.05, 0) is 41.5 Å². The summed E-state index contributed by atoms with van der Waals surface area (Å²) in [6.07, 6.45) is 2.39. The van der Waals surface area contributed by atoms with Crippen LogP contribution in [-0.4, -0.2) is 33.9 Å². The van der Waals surface area contributed by atoms with E-state index in [1.54, 1.807) is 27.4 Å². The van der Waals surface area contributed by atoms with Crippen LogP contribution in [0, 0.1) is 0 Å². The minimum Gasteiger partial charge on any atom is -0.493 e. The van der Waals surface area contributed by atoms with E-state index >= 15 is 0 Å². The van der Waals surface area contributed by atoms with Crippen LogP contribution in [0.5, 0.6) is 28.7 Å². The van der Waals surface area contributed by atoms with Gasteiger partial charge in [0.05, 0.1) is 21.3 Å². The van der Waals surface area contributed by atoms with Crippen molar-refractivity contribution in [2.45, 2.75) is 6.42 Å². The van der Waals surface area contributed by atoms with Gasteiger partial charge in [-0.25, -0.2) is 0 Å². The number of Topliss-reactive ketones (excluding diaryl/α,β-unsaturated/α-hetero) is 1. The predicted octanol–water partition coefficient (Wildman–Crippen LogP) is 3.26. The SMILES string of the molecule is COc1cc2c(cc1OC)C(=O)/C(=C\c1cc(OC)c3c(c1)OCO3)C2. The zero-order valence-corrected chi connectivity index (χ0v) is 14.8. The van der Waals surface area contributed by atoms with Gasteiger partial charge in [0, 0.05) is 17.6 Å². The molecule has 0 N–H and O–H groups in total. The summed E-state index contributed by atoms with van der Waals surface area (Å²) in [4.78, 5) is 12.8. The third-order valence-electron chi connectivity index (χ3n) is 4.55. The molecule has 0 bridgehead atoms. The molecule has 2 aromatic rings. The summed E-state index contributed by atoms with van der Waals surface area (Å²) < 4.78 is 26.8. The summed E-state index contributed by atoms with van der Waals surface area (Å²) >= 11 is 0. The highest BCUT2D eigenvalue weighted by atomic mass is 16.7. The molecule has 6 nitrogen and oxygen atoms in total. The number of hydrogen-bond acceptors (Lipinski definition) is 6. The Bertz CT molecular complexity index is 928. The predicted molar refractivity (Wildman–Crippen MR) is 94.7 cm³/mol. The summed E-state index contributed by atoms with van der Waals surface area (Å²) in [6, 6.07) is 7.26. The van der Waals surface area contributed by atoms with E-state index in [0.717, 1.165) is 11.1 Å². The standard InChI is InChI=1S/C20H18O6/c1-22-15-8-12-7-13(19(21)14(12)9-16(15)23-2)4-11-5-17(24-3)20-18(6-11)25-10-26-20/h4-6,8-9H,7,10H2,1-3H3/b13-4-. The Balaban J connectivity index is 1.72. The first-order valence-electron chi connectivity index (χ1n) is 8.12. The Kier molecular flexibility index (Phi) is 3.95. The molecule has 134 valence electrons. The fourth-order valence-corrected chi connectivity index (χ4v) is 3.29. The average molecular weight is 354 g/mol. The van der Waals surface area contributed by atoms with Crippen molar-refractivity contribution in [2.24, 2.45) is 0 Å². The van der Waals surface area contributed by atoms with Crippen molar-refractivity contribution in [2.75, 3.05) is 28.1 Å². The summed E-state index contributed by atoms with van der Waals surface area (Å²) in [5.74, 6) is 2.93. The Morgan fingerprint density at radius 2 is 1.65 bits per heavy atom. The monoisotopic (exact) mass is 354 g/mol. The van der Waals surface area contributed by atoms with E-state index in [-0.39, 0.29) is 12.6 Å². The van der Waals surface area contributed by atoms with Crippen LogP contribution >= 0.6 is 0 Å². The molecule has 26 heavy (non-hydrogen) atoms. The van der Waals surface area contributed by atoms with Crippen molar-refractivity contribution in [3.05, 3.63) is 46.5 Å². The van der Waals surface area contributed by atoms with Crippen molar-refractivity contribution < 1.29 is 28.5 Å². The number of fused-ring (bicyclic) bond motifs is 2. The Hall–Kier alpha value is -3.15. The van der Waals surface area contributed by atoms with Crippen molar-refractivity contribution in [1.82, 2.24) is 0 Å². The van der Waals surface area contributed by atoms with Crippen LogP contribution in [0.25, 0.3) is 6.08 Å². The first-order chi connectivity index (χ1) is 12.6. The molecule has 0 saturated carbocycles. The first kappa shape index (κ1) is 16.3. The summed E-state index contributed by atoms with van der Waals surface area (Å²) in [5, 5.41) is 0. The van der Waals surface area contributed by atoms with Gasteiger partial charge in [0.2, 0.25) is 12.5 Å². The van der Waals surface area contributed by atoms with Gasteiger partial charge < -0.3 is 23.7 Å². The lowest BCUT2D eigenvalue weighted by molar-refractivity contribution is 0.104. The van der Waals surface area contributed by atoms with Crippen molar-refractivity contribution in [3.63, 3.8) is 0 Å². The second-order valence-corrected chi connectivity index (χ2v) is 6.00. The maximum Gasteiger partial charge on any atom is 0.231 e. The number of carbonyl (C=O) groups excluding carboxylic acids is 1. The van der Waals surface area contributed by atoms with Crippen molar-refractivity contribution in [1.29, 1.82) is 0 Å². The largest absolute Gasteiger partial charge is 0.493 e. The average Bonchev–Trinajstić information content (AvgIpc) is 3.25. The molecule has 0 amide bonds. The van der Waals surface area contributed by atoms with E-state index < -0.39 is 0 Å². The Morgan fingerprint density at radius 1 is 0.923 bits per heavy atom. The number of allylic oxidation sites excluding steroid dienone is 1. The number of benzene rings is 2. The second-order valence-electron chi connectivity index (χ2n) is 6.00. The Labute approximate surface area is 150 Å². The molecule has 0 unspecified atom stereocenters. The summed E-state index contributed by atoms with van der Waals surface area (Å²) in [7, 11) is 4.71. The molecule has 2 aromatic carbocycles. The van der Waals surface area contributed by atoms with E-state index in [1.807, 2.05) is 24.3 Å². The van der Waals surface area contributed by atoms with Gasteiger partial charge in [-0.15, -0.1) is 0 Å². The second kappa shape index (κ2) is 6.29. The molecule has 0 fully saturated rings. The van der Waals surface area contributed by atoms with E-state index in [2.05, 4.69) is 0 Å². The molecule has 0 atom stereocenters. The molecule has 6 heteroatoms. The lowest BCUT2D eigenvalue weighted by Crippen LogP contribution is -1.97. The van der Waals surface area contributed by atoms with Gasteiger partial charge in [-0.3, -0.25) is 4.79 Å². The van der Waals surface area contributed by atoms with Gasteiger partial charge in [0.1, 0.15) is 0 Å². The van der Waals surface area contributed by atoms with Gasteiger partial charge in [-0.1, -0.05) is 0 Å². The molecule has 1 aliphatic carbocycles. The van der Waals surface area contributed by atoms with Crippen LogP contribution in [0.1, 0.15) is 21.5 Å². The van der Waals surface area contributed by atoms with Crippen LogP contribution in [0.15, 0.2) is 29.8 Å². The smallest absolute Gasteiger partial charge is 0.231 e. The molecule has 4 rings (SSSR count). The zero-order chi connectivity index (χ0) is 18.3. The molecular weight excluding hydrogens is 336 g/mol. The molecule has 0 spiro atoms. The molecule has 2 aliphatic rings. The van der Waals surface area contributed by atoms with Crippen LogP contribution < -0.4 is 23.7 Å². The van der Waals surface area contributed by atoms with Crippen molar-refractivity contribution in [3.8, 4) is 28.7 Å². The van der Waals surface area contributed by atoms with Crippen molar-refractivity contribution >= 4 is 11.9 Å². The first-order valence-corrected chi connectivity index (χ1v) is 8.12. The molecule has 0 saturated heterocycles. The molecule has 1 heterocycles. The highest BCUT2D eigenvalue weighted by molar-refractivity contribution is 6.16. The maximum absolute atomic E-state index is 12.8. The molecule has 0 aromatic heterocycles. The minimum absolute atomic E-state index is 0.0161. The fourth-order valence-electron chi connectivity index (χ4n) is 3.29. The topological polar surface area (TPSA) is 63.2 Å². The van der Waals surface area contributed by atoms with Crippen LogP contribution in [0.3, 0.4) is 0 Å². The lowest BCUT2D eigenvalue weighted by Gasteiger charge is -2.08. The number of ketones is 1. The highest BCUT2D eigenvalue weighted by Gasteiger charge is 2.28. The summed E-state index contributed by atoms with van der Waals surface area (Å²) in [5.41, 5.74) is 3.07. The summed E-state index contributed by atoms with van der Waals surface area (Å²) in [6.45, 7) is 0.162. The maximum atomic E-state index is 12.8. The number of carbonyl (C=O) groups is 1. The molecular formula is C20H18O6. The number of methoxy groups -OCH3 is 3. The van der Waals surface area contributed by atoms with E-state index in [9.17, 15) is 4.79 Å². The minimum atomic E-state index is -0.0161. The quantitative estimate of drug-likeness (QED) is 0.786. The number of rotatable bonds is 4. The van der Waals surface area contributed by atoms with Crippen LogP contribution in [-0.2, 0) is 6.42 Å². The number of hydrogen-bond donors (Lipinski definition) is 0. The van der Waals surface area contributed by atoms with Crippen LogP contribution in [0.4, 0.5) is 0 Å². The molecule has 0 radical (unpaired) electrons.